The summed E-state index contributed by atoms with van der Waals surface area (Å²) in [6, 6.07) is 16.5. The van der Waals surface area contributed by atoms with Gasteiger partial charge in [0.25, 0.3) is 0 Å². The lowest BCUT2D eigenvalue weighted by Crippen LogP contribution is -2.50. The van der Waals surface area contributed by atoms with E-state index in [-0.39, 0.29) is 66.1 Å². The van der Waals surface area contributed by atoms with Gasteiger partial charge in [0.15, 0.2) is 29.7 Å². The van der Waals surface area contributed by atoms with Gasteiger partial charge in [-0.1, -0.05) is 26.7 Å². The fourth-order valence-corrected chi connectivity index (χ4v) is 9.83. The molecule has 5 amide bonds. The standard InChI is InChI=1S/C26H31FN6O5S.C23H26FN5O3S.CH3F.CO2/c1-3-4-21(17-9-10-28-24(14-17)39(2,37)38)31-26(36)32-16-18(25(35)29-11-12-34)13-22-23(32)15-30-33(22)20-7-5-19(27)6-8-20;1-3-5-19(16-11-12-25-22(14-16)33(2,31)32)27-23(30)28-13-4-6-20-21(28)15-26-29(20)18-9-7-17(24)8-10-18;1-2;2-1-3/h5-10,14-15,18,21,34H,3-4,11-13,16H2,1-2H3,(H,29,35)(H,31,36);7-12,14-15,19H,3-6,13H2,1-2H3,(H,27,30);1H3;/t18?,21-;19-;;/m00../s1/i;;1D;. The molecule has 0 saturated carbocycles. The number of halogens is 3. The molecule has 0 radical (unpaired) electrons. The number of benzene rings is 2. The van der Waals surface area contributed by atoms with Crippen LogP contribution in [0.25, 0.3) is 11.4 Å². The number of alkyl halides is 1. The van der Waals surface area contributed by atoms with Gasteiger partial charge in [0.05, 0.1) is 79.7 Å². The van der Waals surface area contributed by atoms with Crippen LogP contribution in [0.4, 0.5) is 34.1 Å². The van der Waals surface area contributed by atoms with E-state index in [1.54, 1.807) is 56.9 Å². The highest BCUT2D eigenvalue weighted by Crippen LogP contribution is 2.34. The number of aliphatic hydroxyl groups excluding tert-OH is 1. The fraction of sp³-hybridized carbons (Fsp3) is 0.373. The molecule has 0 aliphatic carbocycles. The van der Waals surface area contributed by atoms with Crippen molar-refractivity contribution in [3.63, 3.8) is 0 Å². The average molecular weight is 1110 g/mol. The summed E-state index contributed by atoms with van der Waals surface area (Å²) in [5.41, 5.74) is 5.30. The number of sulfone groups is 2. The van der Waals surface area contributed by atoms with Gasteiger partial charge in [-0.25, -0.2) is 54.5 Å². The Morgan fingerprint density at radius 3 is 1.64 bits per heavy atom. The molecule has 412 valence electrons. The number of amides is 5. The van der Waals surface area contributed by atoms with Gasteiger partial charge >= 0.3 is 18.2 Å². The monoisotopic (exact) mass is 1110 g/mol. The second kappa shape index (κ2) is 27.8. The van der Waals surface area contributed by atoms with Crippen LogP contribution in [-0.4, -0.2) is 121 Å². The summed E-state index contributed by atoms with van der Waals surface area (Å²) in [7, 11) is -8.00. The minimum Gasteiger partial charge on any atom is -0.395 e. The van der Waals surface area contributed by atoms with Gasteiger partial charge in [0, 0.05) is 51.0 Å². The normalized spacial score (nSPS) is 14.6. The molecule has 21 nitrogen and oxygen atoms in total. The first kappa shape index (κ1) is 58.5. The number of urea groups is 2. The Labute approximate surface area is 445 Å². The lowest BCUT2D eigenvalue weighted by Gasteiger charge is -2.33. The molecule has 0 bridgehead atoms. The number of rotatable bonds is 15. The maximum Gasteiger partial charge on any atom is 0.373 e. The molecule has 6 aromatic rings. The van der Waals surface area contributed by atoms with Crippen LogP contribution < -0.4 is 25.8 Å². The molecule has 3 atom stereocenters. The largest absolute Gasteiger partial charge is 0.395 e. The van der Waals surface area contributed by atoms with Gasteiger partial charge < -0.3 is 21.1 Å². The molecule has 2 aromatic carbocycles. The molecule has 77 heavy (non-hydrogen) atoms. The van der Waals surface area contributed by atoms with Crippen molar-refractivity contribution in [1.82, 2.24) is 45.5 Å². The highest BCUT2D eigenvalue weighted by atomic mass is 32.2. The highest BCUT2D eigenvalue weighted by molar-refractivity contribution is 7.90. The van der Waals surface area contributed by atoms with E-state index in [2.05, 4.69) is 36.1 Å². The minimum atomic E-state index is -3.54. The third-order valence-electron chi connectivity index (χ3n) is 12.2. The maximum atomic E-state index is 13.7. The molecule has 2 aliphatic rings. The van der Waals surface area contributed by atoms with Crippen molar-refractivity contribution < 1.29 is 60.5 Å². The number of hydrogen-bond acceptors (Lipinski definition) is 14. The first-order chi connectivity index (χ1) is 37.2. The van der Waals surface area contributed by atoms with Gasteiger partial charge in [-0.05, 0) is 110 Å². The Morgan fingerprint density at radius 1 is 0.753 bits per heavy atom. The molecule has 1 unspecified atom stereocenters. The predicted molar refractivity (Wildman–Crippen MR) is 276 cm³/mol. The molecule has 8 rings (SSSR count). The van der Waals surface area contributed by atoms with Crippen LogP contribution in [0.1, 0.15) is 81.9 Å². The van der Waals surface area contributed by atoms with Gasteiger partial charge in [-0.2, -0.15) is 19.8 Å². The summed E-state index contributed by atoms with van der Waals surface area (Å²) in [5.74, 6) is -1.68. The second-order valence-corrected chi connectivity index (χ2v) is 21.5. The molecule has 26 heteroatoms. The average Bonchev–Trinajstić information content (AvgIpc) is 4.10. The second-order valence-electron chi connectivity index (χ2n) is 17.6. The summed E-state index contributed by atoms with van der Waals surface area (Å²) in [5, 5.41) is 26.6. The summed E-state index contributed by atoms with van der Waals surface area (Å²) >= 11 is 0. The summed E-state index contributed by atoms with van der Waals surface area (Å²) < 4.78 is 93.6. The maximum absolute atomic E-state index is 13.7. The van der Waals surface area contributed by atoms with Crippen LogP contribution in [0.2, 0.25) is 0 Å². The number of nitrogens with zero attached hydrogens (tertiary/aromatic N) is 8. The van der Waals surface area contributed by atoms with Crippen LogP contribution in [0, 0.1) is 17.6 Å². The number of aromatic nitrogens is 6. The van der Waals surface area contributed by atoms with Crippen LogP contribution in [0.5, 0.6) is 0 Å². The van der Waals surface area contributed by atoms with Gasteiger partial charge in [0.1, 0.15) is 11.6 Å². The van der Waals surface area contributed by atoms with Crippen molar-refractivity contribution in [2.24, 2.45) is 5.92 Å². The van der Waals surface area contributed by atoms with E-state index in [1.807, 2.05) is 13.8 Å². The third-order valence-corrected chi connectivity index (χ3v) is 14.1. The van der Waals surface area contributed by atoms with E-state index in [4.69, 9.17) is 16.1 Å². The topological polar surface area (TPSA) is 278 Å². The molecular weight excluding hydrogens is 1050 g/mol. The van der Waals surface area contributed by atoms with E-state index in [9.17, 15) is 44.4 Å². The van der Waals surface area contributed by atoms with E-state index < -0.39 is 50.6 Å². The van der Waals surface area contributed by atoms with Gasteiger partial charge in [-0.3, -0.25) is 19.0 Å². The number of carbonyl (C=O) groups excluding carboxylic acids is 5. The minimum absolute atomic E-state index is 0.0174. The lowest BCUT2D eigenvalue weighted by molar-refractivity contribution is -0.191. The highest BCUT2D eigenvalue weighted by Gasteiger charge is 2.36. The molecule has 2 aliphatic heterocycles. The van der Waals surface area contributed by atoms with Crippen molar-refractivity contribution in [2.45, 2.75) is 80.9 Å². The third kappa shape index (κ3) is 15.6. The van der Waals surface area contributed by atoms with Crippen LogP contribution in [-0.2, 0) is 46.9 Å². The lowest BCUT2D eigenvalue weighted by atomic mass is 9.96. The number of anilines is 2. The zero-order valence-electron chi connectivity index (χ0n) is 43.6. The first-order valence-corrected chi connectivity index (χ1v) is 27.9. The van der Waals surface area contributed by atoms with Crippen LogP contribution >= 0.6 is 0 Å². The quantitative estimate of drug-likeness (QED) is 0.0923. The van der Waals surface area contributed by atoms with Crippen molar-refractivity contribution in [2.75, 3.05) is 55.7 Å². The molecule has 4 aromatic heterocycles. The number of carbonyl (C=O) groups is 3. The first-order valence-electron chi connectivity index (χ1n) is 24.8. The SMILES string of the molecule is CCC[C@H](NC(=O)N1CC(C(=O)NCCO)Cc2c1cnn2-c1ccc(F)cc1)c1ccnc(S(C)(=O)=O)c1.CCC[C@H](NC(=O)N1CCCc2c1cnn2-c1ccc(F)cc1)c1ccnc(S(C)(=O)=O)c1.O=C=O.[2H]CF. The van der Waals surface area contributed by atoms with Crippen LogP contribution in [0.3, 0.4) is 0 Å². The zero-order valence-corrected chi connectivity index (χ0v) is 44.2. The van der Waals surface area contributed by atoms with E-state index in [0.29, 0.717) is 59.7 Å². The Hall–Kier alpha value is -7.80. The number of fused-ring (bicyclic) bond motifs is 2. The van der Waals surface area contributed by atoms with Gasteiger partial charge in [0.2, 0.25) is 5.91 Å². The summed E-state index contributed by atoms with van der Waals surface area (Å²) in [4.78, 5) is 67.1. The van der Waals surface area contributed by atoms with Crippen molar-refractivity contribution in [3.8, 4) is 11.4 Å². The van der Waals surface area contributed by atoms with Crippen molar-refractivity contribution >= 4 is 55.2 Å². The Balaban J connectivity index is 0.000000264. The summed E-state index contributed by atoms with van der Waals surface area (Å²) in [6.45, 7) is 4.41. The smallest absolute Gasteiger partial charge is 0.373 e. The van der Waals surface area contributed by atoms with E-state index in [0.717, 1.165) is 43.2 Å². The van der Waals surface area contributed by atoms with Gasteiger partial charge in [-0.15, -0.1) is 0 Å². The Morgan fingerprint density at radius 2 is 1.19 bits per heavy atom. The molecule has 0 spiro atoms. The van der Waals surface area contributed by atoms with Crippen molar-refractivity contribution in [1.29, 1.82) is 0 Å². The fourth-order valence-electron chi connectivity index (χ4n) is 8.62. The number of pyridine rings is 2. The zero-order chi connectivity index (χ0) is 57.2. The van der Waals surface area contributed by atoms with Crippen LogP contribution in [0.15, 0.2) is 108 Å². The summed E-state index contributed by atoms with van der Waals surface area (Å²) in [6.07, 6.45) is 12.9. The number of aliphatic hydroxyl groups is 1. The molecule has 0 saturated heterocycles. The molecule has 6 heterocycles. The predicted octanol–water partition coefficient (Wildman–Crippen LogP) is 5.96. The molecule has 0 fully saturated rings. The molecular formula is C51H60F3N11O10S2. The molecule has 4 N–H and O–H groups in total. The van der Waals surface area contributed by atoms with Crippen molar-refractivity contribution in [3.05, 3.63) is 132 Å². The number of hydrogen-bond donors (Lipinski definition) is 4. The number of nitrogens with one attached hydrogen (secondary N) is 3. The van der Waals surface area contributed by atoms with E-state index >= 15 is 0 Å². The van der Waals surface area contributed by atoms with E-state index in [1.165, 1.54) is 59.9 Å². The Kier molecular flexibility index (Phi) is 21.1. The Bertz CT molecular complexity index is 3250.